The van der Waals surface area contributed by atoms with Gasteiger partial charge in [0, 0.05) is 13.7 Å². The molecule has 0 aliphatic carbocycles. The standard InChI is InChI=1S/C16H18N2O4S/c1-22-12-11-17-16(19)14-9-5-6-10-15(14)18-23(20,21)13-7-3-2-4-8-13/h2-10,18H,11-12H2,1H3,(H,17,19). The van der Waals surface area contributed by atoms with E-state index in [0.717, 1.165) is 0 Å². The van der Waals surface area contributed by atoms with Crippen LogP contribution in [0.5, 0.6) is 0 Å². The molecule has 6 nitrogen and oxygen atoms in total. The number of rotatable bonds is 7. The lowest BCUT2D eigenvalue weighted by Crippen LogP contribution is -2.28. The third kappa shape index (κ3) is 4.54. The summed E-state index contributed by atoms with van der Waals surface area (Å²) in [6.45, 7) is 0.721. The zero-order chi connectivity index (χ0) is 16.7. The normalized spacial score (nSPS) is 11.0. The topological polar surface area (TPSA) is 84.5 Å². The number of carbonyl (C=O) groups is 1. The van der Waals surface area contributed by atoms with E-state index in [-0.39, 0.29) is 22.1 Å². The van der Waals surface area contributed by atoms with Crippen molar-refractivity contribution in [2.24, 2.45) is 0 Å². The van der Waals surface area contributed by atoms with Gasteiger partial charge in [0.25, 0.3) is 15.9 Å². The van der Waals surface area contributed by atoms with Gasteiger partial charge in [-0.25, -0.2) is 8.42 Å². The predicted octanol–water partition coefficient (Wildman–Crippen LogP) is 1.86. The number of ether oxygens (including phenoxy) is 1. The van der Waals surface area contributed by atoms with Crippen molar-refractivity contribution in [1.82, 2.24) is 5.32 Å². The SMILES string of the molecule is COCCNC(=O)c1ccccc1NS(=O)(=O)c1ccccc1. The van der Waals surface area contributed by atoms with E-state index in [4.69, 9.17) is 4.74 Å². The summed E-state index contributed by atoms with van der Waals surface area (Å²) in [5.74, 6) is -0.367. The second kappa shape index (κ2) is 7.75. The summed E-state index contributed by atoms with van der Waals surface area (Å²) in [4.78, 5) is 12.3. The van der Waals surface area contributed by atoms with Gasteiger partial charge in [-0.15, -0.1) is 0 Å². The van der Waals surface area contributed by atoms with E-state index in [0.29, 0.717) is 13.2 Å². The van der Waals surface area contributed by atoms with E-state index in [9.17, 15) is 13.2 Å². The average molecular weight is 334 g/mol. The van der Waals surface area contributed by atoms with Crippen LogP contribution in [0.3, 0.4) is 0 Å². The summed E-state index contributed by atoms with van der Waals surface area (Å²) in [7, 11) is -2.21. The lowest BCUT2D eigenvalue weighted by Gasteiger charge is -2.12. The first-order valence-corrected chi connectivity index (χ1v) is 8.47. The van der Waals surface area contributed by atoms with Crippen molar-refractivity contribution in [3.8, 4) is 0 Å². The zero-order valence-electron chi connectivity index (χ0n) is 12.7. The molecule has 7 heteroatoms. The fourth-order valence-corrected chi connectivity index (χ4v) is 3.04. The monoisotopic (exact) mass is 334 g/mol. The Hall–Kier alpha value is -2.38. The quantitative estimate of drug-likeness (QED) is 0.757. The smallest absolute Gasteiger partial charge is 0.261 e. The van der Waals surface area contributed by atoms with E-state index in [2.05, 4.69) is 10.0 Å². The van der Waals surface area contributed by atoms with Gasteiger partial charge in [0.15, 0.2) is 0 Å². The van der Waals surface area contributed by atoms with E-state index in [1.807, 2.05) is 0 Å². The molecule has 0 saturated heterocycles. The summed E-state index contributed by atoms with van der Waals surface area (Å²) >= 11 is 0. The van der Waals surface area contributed by atoms with Crippen LogP contribution in [0, 0.1) is 0 Å². The highest BCUT2D eigenvalue weighted by atomic mass is 32.2. The van der Waals surface area contributed by atoms with E-state index >= 15 is 0 Å². The van der Waals surface area contributed by atoms with Gasteiger partial charge in [-0.1, -0.05) is 30.3 Å². The van der Waals surface area contributed by atoms with E-state index in [1.165, 1.54) is 19.2 Å². The summed E-state index contributed by atoms with van der Waals surface area (Å²) in [5, 5.41) is 2.67. The molecular weight excluding hydrogens is 316 g/mol. The second-order valence-electron chi connectivity index (χ2n) is 4.71. The Morgan fingerprint density at radius 2 is 1.70 bits per heavy atom. The molecule has 0 aliphatic rings. The van der Waals surface area contributed by atoms with Gasteiger partial charge in [0.2, 0.25) is 0 Å². The highest BCUT2D eigenvalue weighted by Crippen LogP contribution is 2.19. The lowest BCUT2D eigenvalue weighted by molar-refractivity contribution is 0.0938. The number of nitrogens with one attached hydrogen (secondary N) is 2. The first-order chi connectivity index (χ1) is 11.0. The predicted molar refractivity (Wildman–Crippen MR) is 87.9 cm³/mol. The number of hydrogen-bond donors (Lipinski definition) is 2. The number of methoxy groups -OCH3 is 1. The van der Waals surface area contributed by atoms with Crippen LogP contribution in [0.4, 0.5) is 5.69 Å². The van der Waals surface area contributed by atoms with Crippen molar-refractivity contribution >= 4 is 21.6 Å². The van der Waals surface area contributed by atoms with Crippen LogP contribution in [0.25, 0.3) is 0 Å². The Bertz CT molecular complexity index is 761. The van der Waals surface area contributed by atoms with Gasteiger partial charge in [0.1, 0.15) is 0 Å². The van der Waals surface area contributed by atoms with Crippen molar-refractivity contribution in [3.63, 3.8) is 0 Å². The molecule has 0 heterocycles. The average Bonchev–Trinajstić information content (AvgIpc) is 2.56. The number of anilines is 1. The fraction of sp³-hybridized carbons (Fsp3) is 0.188. The Labute approximate surface area is 135 Å². The highest BCUT2D eigenvalue weighted by molar-refractivity contribution is 7.92. The number of carbonyl (C=O) groups excluding carboxylic acids is 1. The molecule has 0 fully saturated rings. The Kier molecular flexibility index (Phi) is 5.72. The molecule has 0 bridgehead atoms. The van der Waals surface area contributed by atoms with Crippen molar-refractivity contribution in [1.29, 1.82) is 0 Å². The van der Waals surface area contributed by atoms with Crippen LogP contribution in [0.1, 0.15) is 10.4 Å². The van der Waals surface area contributed by atoms with Crippen LogP contribution >= 0.6 is 0 Å². The minimum atomic E-state index is -3.75. The molecular formula is C16H18N2O4S. The van der Waals surface area contributed by atoms with Crippen molar-refractivity contribution < 1.29 is 17.9 Å². The van der Waals surface area contributed by atoms with Gasteiger partial charge in [-0.2, -0.15) is 0 Å². The summed E-state index contributed by atoms with van der Waals surface area (Å²) in [6.07, 6.45) is 0. The number of sulfonamides is 1. The Balaban J connectivity index is 2.22. The molecule has 0 saturated carbocycles. The van der Waals surface area contributed by atoms with Crippen LogP contribution in [-0.4, -0.2) is 34.6 Å². The van der Waals surface area contributed by atoms with E-state index < -0.39 is 10.0 Å². The van der Waals surface area contributed by atoms with Gasteiger partial charge in [-0.05, 0) is 24.3 Å². The third-order valence-electron chi connectivity index (χ3n) is 3.06. The molecule has 0 spiro atoms. The van der Waals surface area contributed by atoms with Crippen molar-refractivity contribution in [2.75, 3.05) is 25.0 Å². The van der Waals surface area contributed by atoms with Gasteiger partial charge < -0.3 is 10.1 Å². The minimum absolute atomic E-state index is 0.134. The zero-order valence-corrected chi connectivity index (χ0v) is 13.5. The maximum atomic E-state index is 12.4. The molecule has 122 valence electrons. The molecule has 1 amide bonds. The van der Waals surface area contributed by atoms with Crippen LogP contribution in [0.15, 0.2) is 59.5 Å². The largest absolute Gasteiger partial charge is 0.383 e. The molecule has 2 N–H and O–H groups in total. The molecule has 2 rings (SSSR count). The molecule has 0 atom stereocenters. The maximum absolute atomic E-state index is 12.4. The first-order valence-electron chi connectivity index (χ1n) is 6.98. The fourth-order valence-electron chi connectivity index (χ4n) is 1.94. The van der Waals surface area contributed by atoms with Crippen LogP contribution in [-0.2, 0) is 14.8 Å². The molecule has 0 radical (unpaired) electrons. The molecule has 2 aromatic rings. The lowest BCUT2D eigenvalue weighted by atomic mass is 10.2. The Morgan fingerprint density at radius 3 is 2.39 bits per heavy atom. The number of hydrogen-bond acceptors (Lipinski definition) is 4. The third-order valence-corrected chi connectivity index (χ3v) is 4.44. The van der Waals surface area contributed by atoms with Crippen LogP contribution in [0.2, 0.25) is 0 Å². The molecule has 0 aromatic heterocycles. The number of para-hydroxylation sites is 1. The molecule has 0 aliphatic heterocycles. The van der Waals surface area contributed by atoms with E-state index in [1.54, 1.807) is 42.5 Å². The number of amides is 1. The second-order valence-corrected chi connectivity index (χ2v) is 6.40. The van der Waals surface area contributed by atoms with Crippen molar-refractivity contribution in [3.05, 3.63) is 60.2 Å². The van der Waals surface area contributed by atoms with Crippen LogP contribution < -0.4 is 10.0 Å². The first kappa shape index (κ1) is 17.0. The maximum Gasteiger partial charge on any atom is 0.261 e. The molecule has 0 unspecified atom stereocenters. The minimum Gasteiger partial charge on any atom is -0.383 e. The summed E-state index contributed by atoms with van der Waals surface area (Å²) < 4.78 is 32.1. The Morgan fingerprint density at radius 1 is 1.04 bits per heavy atom. The number of benzene rings is 2. The molecule has 2 aromatic carbocycles. The molecule has 23 heavy (non-hydrogen) atoms. The van der Waals surface area contributed by atoms with Gasteiger partial charge in [-0.3, -0.25) is 9.52 Å². The van der Waals surface area contributed by atoms with Gasteiger partial charge >= 0.3 is 0 Å². The highest BCUT2D eigenvalue weighted by Gasteiger charge is 2.18. The summed E-state index contributed by atoms with van der Waals surface area (Å²) in [6, 6.07) is 14.4. The van der Waals surface area contributed by atoms with Crippen molar-refractivity contribution in [2.45, 2.75) is 4.90 Å². The summed E-state index contributed by atoms with van der Waals surface area (Å²) in [5.41, 5.74) is 0.481. The van der Waals surface area contributed by atoms with Gasteiger partial charge in [0.05, 0.1) is 22.8 Å².